The van der Waals surface area contributed by atoms with Crippen molar-refractivity contribution in [2.24, 2.45) is 0 Å². The number of aliphatic carboxylic acids is 1. The summed E-state index contributed by atoms with van der Waals surface area (Å²) in [6.45, 7) is -0.0123. The predicted octanol–water partition coefficient (Wildman–Crippen LogP) is -18.5. The van der Waals surface area contributed by atoms with Gasteiger partial charge in [0.1, 0.15) is 24.4 Å². The molecular weight excluding hydrogens is 646 g/mol. The molecule has 2 rings (SSSR count). The zero-order chi connectivity index (χ0) is 26.9. The summed E-state index contributed by atoms with van der Waals surface area (Å²) in [5, 5.41) is 32.2. The van der Waals surface area contributed by atoms with Gasteiger partial charge in [-0.05, 0) is 6.92 Å². The van der Waals surface area contributed by atoms with Gasteiger partial charge in [0.15, 0.2) is 16.6 Å². The number of carboxylic acids is 1. The number of carboxylic acid groups (broad SMARTS) is 1. The van der Waals surface area contributed by atoms with Crippen molar-refractivity contribution in [1.29, 1.82) is 0 Å². The summed E-state index contributed by atoms with van der Waals surface area (Å²) in [6.07, 6.45) is -16.6. The number of rotatable bonds is 10. The Labute approximate surface area is 312 Å². The second kappa shape index (κ2) is 18.8. The molecule has 0 amide bonds. The molecule has 0 bridgehead atoms. The number of hydrogen-bond acceptors (Lipinski definition) is 18. The maximum absolute atomic E-state index is 11.5. The number of aliphatic hydroxyl groups is 2. The van der Waals surface area contributed by atoms with E-state index < -0.39 is 105 Å². The largest absolute Gasteiger partial charge is 1.00 e. The molecule has 0 spiro atoms. The third kappa shape index (κ3) is 15.6. The maximum atomic E-state index is 11.5. The standard InChI is InChI=1S/C13H23NO18S3.4Na/c1-4-9(32-35(25,26)27)8(16)10(11(29-4)12(17)18)31-13-7(14-33(19,20)21)6(15)2-5(30-13)3-28-34(22,23)24;;;;/h4-11,13-16H,2-3H2,1H3,(H,17,18)(H,19,20,21)(H,22,23,24)(H,25,26,27);;;;/q;4*+1/p-4/t4?,5?,6-,7?,8+,9?,10+,11?,13-;;;;/m0..../s1. The van der Waals surface area contributed by atoms with E-state index in [0.717, 1.165) is 6.92 Å². The van der Waals surface area contributed by atoms with E-state index in [1.54, 1.807) is 0 Å². The molecule has 0 saturated carbocycles. The minimum atomic E-state index is -5.47. The van der Waals surface area contributed by atoms with Crippen molar-refractivity contribution in [3.8, 4) is 0 Å². The number of ether oxygens (including phenoxy) is 3. The third-order valence-corrected chi connectivity index (χ3v) is 6.21. The molecule has 3 N–H and O–H groups in total. The van der Waals surface area contributed by atoms with E-state index in [2.05, 4.69) is 8.37 Å². The molecule has 0 radical (unpaired) electrons. The number of nitrogens with one attached hydrogen (secondary N) is 1. The second-order valence-corrected chi connectivity index (χ2v) is 10.6. The van der Waals surface area contributed by atoms with Crippen LogP contribution >= 0.6 is 0 Å². The molecule has 26 heteroatoms. The molecule has 2 fully saturated rings. The van der Waals surface area contributed by atoms with Gasteiger partial charge in [0, 0.05) is 6.42 Å². The average molecular weight is 665 g/mol. The zero-order valence-electron chi connectivity index (χ0n) is 21.3. The van der Waals surface area contributed by atoms with E-state index >= 15 is 0 Å². The van der Waals surface area contributed by atoms with Crippen LogP contribution in [0, 0.1) is 0 Å². The summed E-state index contributed by atoms with van der Waals surface area (Å²) in [4.78, 5) is 11.5. The fourth-order valence-corrected chi connectivity index (χ4v) is 4.87. The quantitative estimate of drug-likeness (QED) is 0.111. The van der Waals surface area contributed by atoms with E-state index in [-0.39, 0.29) is 118 Å². The van der Waals surface area contributed by atoms with E-state index in [1.165, 1.54) is 4.72 Å². The van der Waals surface area contributed by atoms with Crippen LogP contribution in [0.5, 0.6) is 0 Å². The minimum absolute atomic E-state index is 0. The van der Waals surface area contributed by atoms with Crippen molar-refractivity contribution in [2.45, 2.75) is 68.4 Å². The van der Waals surface area contributed by atoms with Crippen molar-refractivity contribution in [3.05, 3.63) is 0 Å². The van der Waals surface area contributed by atoms with Crippen molar-refractivity contribution < 1.29 is 200 Å². The predicted molar refractivity (Wildman–Crippen MR) is 96.3 cm³/mol. The molecule has 2 saturated heterocycles. The molecule has 5 unspecified atom stereocenters. The van der Waals surface area contributed by atoms with Gasteiger partial charge in [0.2, 0.25) is 20.8 Å². The Balaban J connectivity index is -0.00000324. The Morgan fingerprint density at radius 1 is 0.949 bits per heavy atom. The van der Waals surface area contributed by atoms with Crippen LogP contribution in [0.15, 0.2) is 0 Å². The van der Waals surface area contributed by atoms with Crippen LogP contribution in [0.3, 0.4) is 0 Å². The van der Waals surface area contributed by atoms with Crippen LogP contribution in [-0.2, 0) is 58.5 Å². The molecule has 0 aromatic heterocycles. The average Bonchev–Trinajstić information content (AvgIpc) is 2.65. The van der Waals surface area contributed by atoms with Crippen molar-refractivity contribution in [2.75, 3.05) is 6.61 Å². The zero-order valence-corrected chi connectivity index (χ0v) is 31.7. The third-order valence-electron chi connectivity index (χ3n) is 4.77. The smallest absolute Gasteiger partial charge is 0.735 e. The van der Waals surface area contributed by atoms with Gasteiger partial charge in [-0.3, -0.25) is 8.37 Å². The summed E-state index contributed by atoms with van der Waals surface area (Å²) in [7, 11) is -16.1. The van der Waals surface area contributed by atoms with E-state index in [0.29, 0.717) is 0 Å². The molecule has 0 aliphatic carbocycles. The van der Waals surface area contributed by atoms with Crippen molar-refractivity contribution >= 4 is 37.1 Å². The van der Waals surface area contributed by atoms with Gasteiger partial charge in [-0.25, -0.2) is 30.0 Å². The number of aliphatic hydroxyl groups excluding tert-OH is 2. The minimum Gasteiger partial charge on any atom is -0.735 e. The Morgan fingerprint density at radius 2 is 1.49 bits per heavy atom. The van der Waals surface area contributed by atoms with E-state index in [4.69, 9.17) is 14.2 Å². The number of carbonyl (C=O) groups excluding carboxylic acids is 1. The monoisotopic (exact) mass is 665 g/mol. The molecular formula is C13H19NNa4O18S3. The molecule has 19 nitrogen and oxygen atoms in total. The van der Waals surface area contributed by atoms with Crippen LogP contribution in [-0.4, -0.2) is 117 Å². The first-order valence-corrected chi connectivity index (χ1v) is 13.4. The molecule has 2 aliphatic heterocycles. The first kappa shape index (κ1) is 46.3. The summed E-state index contributed by atoms with van der Waals surface area (Å²) in [5.74, 6) is -2.04. The Bertz CT molecular complexity index is 1090. The fraction of sp³-hybridized carbons (Fsp3) is 0.923. The van der Waals surface area contributed by atoms with Gasteiger partial charge in [0.25, 0.3) is 0 Å². The first-order valence-electron chi connectivity index (χ1n) is 9.28. The van der Waals surface area contributed by atoms with E-state index in [9.17, 15) is 59.0 Å². The van der Waals surface area contributed by atoms with Gasteiger partial charge in [-0.2, -0.15) is 0 Å². The fourth-order valence-electron chi connectivity index (χ4n) is 3.41. The summed E-state index contributed by atoms with van der Waals surface area (Å²) < 4.78 is 123. The Morgan fingerprint density at radius 3 is 1.92 bits per heavy atom. The number of hydrogen-bond donors (Lipinski definition) is 3. The van der Waals surface area contributed by atoms with Crippen LogP contribution in [0.2, 0.25) is 0 Å². The Kier molecular flexibility index (Phi) is 22.3. The van der Waals surface area contributed by atoms with Gasteiger partial charge in [0.05, 0.1) is 36.9 Å². The molecule has 206 valence electrons. The molecule has 39 heavy (non-hydrogen) atoms. The summed E-state index contributed by atoms with van der Waals surface area (Å²) in [5.41, 5.74) is 0. The molecule has 0 aromatic rings. The van der Waals surface area contributed by atoms with Crippen molar-refractivity contribution in [1.82, 2.24) is 4.72 Å². The van der Waals surface area contributed by atoms with Crippen LogP contribution < -0.4 is 128 Å². The second-order valence-electron chi connectivity index (χ2n) is 7.36. The number of carbonyl (C=O) groups is 1. The summed E-state index contributed by atoms with van der Waals surface area (Å²) >= 11 is 0. The van der Waals surface area contributed by atoms with Gasteiger partial charge >= 0.3 is 118 Å². The van der Waals surface area contributed by atoms with Gasteiger partial charge in [-0.1, -0.05) is 0 Å². The van der Waals surface area contributed by atoms with Gasteiger partial charge in [-0.15, -0.1) is 0 Å². The molecule has 2 aliphatic rings. The van der Waals surface area contributed by atoms with Crippen LogP contribution in [0.25, 0.3) is 0 Å². The van der Waals surface area contributed by atoms with Crippen LogP contribution in [0.1, 0.15) is 13.3 Å². The molecule has 0 aromatic carbocycles. The first-order chi connectivity index (χ1) is 15.8. The van der Waals surface area contributed by atoms with Gasteiger partial charge < -0.3 is 48.0 Å². The maximum Gasteiger partial charge on any atom is 1.00 e. The topological polar surface area (TPSA) is 310 Å². The van der Waals surface area contributed by atoms with Crippen LogP contribution in [0.4, 0.5) is 0 Å². The van der Waals surface area contributed by atoms with E-state index in [1.807, 2.05) is 0 Å². The summed E-state index contributed by atoms with van der Waals surface area (Å²) in [6, 6.07) is -2.01. The molecule has 2 heterocycles. The van der Waals surface area contributed by atoms with Crippen molar-refractivity contribution in [3.63, 3.8) is 0 Å². The normalized spacial score (nSPS) is 33.3. The SMILES string of the molecule is CC1OC(C(=O)[O-])[C@H](O[C@@H]2OC(COS(=O)(=O)[O-])C[C@H](O)C2NS(=O)(=O)[O-])[C@H](O)C1OS(=O)(=O)[O-].[Na+].[Na+].[Na+].[Na+]. The molecule has 9 atom stereocenters. The Hall–Kier alpha value is 2.88.